The number of rotatable bonds is 5. The summed E-state index contributed by atoms with van der Waals surface area (Å²) in [6.07, 6.45) is 13.8. The van der Waals surface area contributed by atoms with Crippen LogP contribution >= 0.6 is 11.3 Å². The van der Waals surface area contributed by atoms with E-state index in [9.17, 15) is 0 Å². The van der Waals surface area contributed by atoms with E-state index in [0.717, 1.165) is 39.2 Å². The molecule has 6 aromatic carbocycles. The molecule has 2 aliphatic rings. The van der Waals surface area contributed by atoms with Crippen LogP contribution in [-0.4, -0.2) is 14.8 Å². The standard InChI is InChI=1S/C48H34N4S/c49-40-21-11-9-20-36(40)46(31-14-3-1-4-15-31)50-29-51-41-22-12-10-19-34(41)38-27-39-35-24-25-37-45-33-18-8-7-13-30(33)23-26-44(45)53-48(37)47(35)52(43(39)28-42(38)51)32-16-5-2-6-17-32/h1-28,30,33H,29,49H2. The minimum Gasteiger partial charge on any atom is -0.398 e. The third-order valence-corrected chi connectivity index (χ3v) is 12.4. The molecular weight excluding hydrogens is 665 g/mol. The summed E-state index contributed by atoms with van der Waals surface area (Å²) in [4.78, 5) is 6.73. The van der Waals surface area contributed by atoms with Crippen molar-refractivity contribution < 1.29 is 0 Å². The number of allylic oxidation sites excluding steroid dienone is 5. The van der Waals surface area contributed by atoms with Gasteiger partial charge in [-0.15, -0.1) is 11.3 Å². The highest BCUT2D eigenvalue weighted by atomic mass is 32.1. The number of hydrogen-bond donors (Lipinski definition) is 1. The highest BCUT2D eigenvalue weighted by Gasteiger charge is 2.29. The molecule has 2 unspecified atom stereocenters. The summed E-state index contributed by atoms with van der Waals surface area (Å²) in [5, 5.41) is 6.34. The predicted molar refractivity (Wildman–Crippen MR) is 226 cm³/mol. The normalized spacial score (nSPS) is 16.7. The Hall–Kier alpha value is -6.43. The second-order valence-corrected chi connectivity index (χ2v) is 15.1. The number of para-hydroxylation sites is 3. The Kier molecular flexibility index (Phi) is 6.73. The highest BCUT2D eigenvalue weighted by Crippen LogP contribution is 2.49. The number of anilines is 1. The van der Waals surface area contributed by atoms with Crippen LogP contribution in [0.5, 0.6) is 0 Å². The summed E-state index contributed by atoms with van der Waals surface area (Å²) in [6, 6.07) is 47.5. The van der Waals surface area contributed by atoms with Gasteiger partial charge in [-0.2, -0.15) is 0 Å². The number of nitrogens with zero attached hydrogens (tertiary/aromatic N) is 3. The van der Waals surface area contributed by atoms with Gasteiger partial charge in [0.15, 0.2) is 0 Å². The molecule has 0 fully saturated rings. The first-order chi connectivity index (χ1) is 26.2. The maximum absolute atomic E-state index is 6.56. The van der Waals surface area contributed by atoms with E-state index in [-0.39, 0.29) is 0 Å². The van der Waals surface area contributed by atoms with Crippen molar-refractivity contribution in [2.75, 3.05) is 5.73 Å². The van der Waals surface area contributed by atoms with Gasteiger partial charge in [0.05, 0.1) is 32.5 Å². The van der Waals surface area contributed by atoms with Crippen molar-refractivity contribution in [1.29, 1.82) is 0 Å². The van der Waals surface area contributed by atoms with Gasteiger partial charge in [0.2, 0.25) is 0 Å². The highest BCUT2D eigenvalue weighted by molar-refractivity contribution is 7.21. The third kappa shape index (κ3) is 4.57. The first kappa shape index (κ1) is 30.2. The fourth-order valence-corrected chi connectivity index (χ4v) is 10.1. The Morgan fingerprint density at radius 2 is 1.38 bits per heavy atom. The van der Waals surface area contributed by atoms with Crippen molar-refractivity contribution in [2.45, 2.75) is 12.6 Å². The molecule has 4 nitrogen and oxygen atoms in total. The summed E-state index contributed by atoms with van der Waals surface area (Å²) in [5.41, 5.74) is 17.5. The smallest absolute Gasteiger partial charge is 0.115 e. The lowest BCUT2D eigenvalue weighted by molar-refractivity contribution is 0.700. The van der Waals surface area contributed by atoms with Crippen molar-refractivity contribution in [2.24, 2.45) is 10.9 Å². The number of nitrogens with two attached hydrogens (primary N) is 1. The van der Waals surface area contributed by atoms with Gasteiger partial charge >= 0.3 is 0 Å². The molecule has 11 rings (SSSR count). The molecule has 0 spiro atoms. The Labute approximate surface area is 310 Å². The van der Waals surface area contributed by atoms with E-state index in [4.69, 9.17) is 10.7 Å². The lowest BCUT2D eigenvalue weighted by Crippen LogP contribution is -2.11. The van der Waals surface area contributed by atoms with Crippen LogP contribution in [0.15, 0.2) is 169 Å². The van der Waals surface area contributed by atoms with E-state index in [1.807, 2.05) is 35.6 Å². The summed E-state index contributed by atoms with van der Waals surface area (Å²) in [6.45, 7) is 0.443. The van der Waals surface area contributed by atoms with E-state index in [2.05, 4.69) is 155 Å². The summed E-state index contributed by atoms with van der Waals surface area (Å²) in [5.74, 6) is 0.764. The molecule has 2 aliphatic carbocycles. The van der Waals surface area contributed by atoms with Crippen LogP contribution in [-0.2, 0) is 6.67 Å². The lowest BCUT2D eigenvalue weighted by Gasteiger charge is -2.25. The van der Waals surface area contributed by atoms with Gasteiger partial charge in [-0.05, 0) is 53.4 Å². The Balaban J connectivity index is 1.19. The minimum absolute atomic E-state index is 0.363. The maximum atomic E-state index is 6.56. The largest absolute Gasteiger partial charge is 0.398 e. The van der Waals surface area contributed by atoms with Crippen LogP contribution < -0.4 is 5.73 Å². The van der Waals surface area contributed by atoms with Crippen molar-refractivity contribution in [1.82, 2.24) is 9.13 Å². The molecule has 0 bridgehead atoms. The fourth-order valence-electron chi connectivity index (χ4n) is 8.77. The van der Waals surface area contributed by atoms with Gasteiger partial charge in [-0.3, -0.25) is 4.99 Å². The molecule has 0 radical (unpaired) electrons. The molecule has 9 aromatic rings. The Morgan fingerprint density at radius 3 is 2.25 bits per heavy atom. The summed E-state index contributed by atoms with van der Waals surface area (Å²) >= 11 is 1.93. The Bertz CT molecular complexity index is 3040. The van der Waals surface area contributed by atoms with Crippen molar-refractivity contribution in [3.63, 3.8) is 0 Å². The van der Waals surface area contributed by atoms with Gasteiger partial charge in [-0.25, -0.2) is 0 Å². The number of hydrogen-bond acceptors (Lipinski definition) is 3. The average molecular weight is 699 g/mol. The van der Waals surface area contributed by atoms with Gasteiger partial charge in [0.1, 0.15) is 6.67 Å². The van der Waals surface area contributed by atoms with Crippen LogP contribution in [0, 0.1) is 5.92 Å². The molecule has 3 heterocycles. The quantitative estimate of drug-likeness (QED) is 0.141. The second-order valence-electron chi connectivity index (χ2n) is 14.1. The van der Waals surface area contributed by atoms with E-state index in [1.54, 1.807) is 0 Å². The predicted octanol–water partition coefficient (Wildman–Crippen LogP) is 12.0. The topological polar surface area (TPSA) is 48.2 Å². The Morgan fingerprint density at radius 1 is 0.642 bits per heavy atom. The molecule has 3 aromatic heterocycles. The van der Waals surface area contributed by atoms with Gasteiger partial charge in [0.25, 0.3) is 0 Å². The molecule has 0 saturated heterocycles. The first-order valence-electron chi connectivity index (χ1n) is 18.2. The van der Waals surface area contributed by atoms with Crippen LogP contribution in [0.1, 0.15) is 27.5 Å². The molecule has 0 aliphatic heterocycles. The lowest BCUT2D eigenvalue weighted by atomic mass is 9.78. The maximum Gasteiger partial charge on any atom is 0.115 e. The number of nitrogen functional groups attached to an aromatic ring is 1. The number of aliphatic imine (C=N–C) groups is 1. The molecule has 252 valence electrons. The number of benzene rings is 6. The molecule has 0 saturated carbocycles. The summed E-state index contributed by atoms with van der Waals surface area (Å²) < 4.78 is 6.21. The minimum atomic E-state index is 0.363. The van der Waals surface area contributed by atoms with Gasteiger partial charge < -0.3 is 14.9 Å². The van der Waals surface area contributed by atoms with Crippen LogP contribution in [0.3, 0.4) is 0 Å². The van der Waals surface area contributed by atoms with Crippen molar-refractivity contribution in [3.8, 4) is 5.69 Å². The first-order valence-corrected chi connectivity index (χ1v) is 19.0. The van der Waals surface area contributed by atoms with E-state index < -0.39 is 0 Å². The molecular formula is C48H34N4S. The molecule has 0 amide bonds. The molecule has 53 heavy (non-hydrogen) atoms. The zero-order valence-electron chi connectivity index (χ0n) is 28.9. The van der Waals surface area contributed by atoms with Crippen LogP contribution in [0.25, 0.3) is 65.5 Å². The number of fused-ring (bicyclic) bond motifs is 12. The van der Waals surface area contributed by atoms with E-state index in [0.29, 0.717) is 18.5 Å². The fraction of sp³-hybridized carbons (Fsp3) is 0.0625. The van der Waals surface area contributed by atoms with Gasteiger partial charge in [-0.1, -0.05) is 127 Å². The van der Waals surface area contributed by atoms with Crippen molar-refractivity contribution in [3.05, 3.63) is 185 Å². The SMILES string of the molecule is Nc1ccccc1C(=NCn1c2ccccc2c2cc3c4ccc5c6c(sc5c4n(-c4ccccc4)c3cc21)C=CC1C=CC=CC61)c1ccccc1. The average Bonchev–Trinajstić information content (AvgIpc) is 3.86. The van der Waals surface area contributed by atoms with Crippen LogP contribution in [0.4, 0.5) is 5.69 Å². The molecule has 2 N–H and O–H groups in total. The van der Waals surface area contributed by atoms with E-state index >= 15 is 0 Å². The molecule has 5 heteroatoms. The van der Waals surface area contributed by atoms with Crippen molar-refractivity contribution >= 4 is 82.5 Å². The number of aromatic nitrogens is 2. The second kappa shape index (κ2) is 11.8. The zero-order chi connectivity index (χ0) is 35.0. The zero-order valence-corrected chi connectivity index (χ0v) is 29.7. The van der Waals surface area contributed by atoms with E-state index in [1.165, 1.54) is 53.1 Å². The third-order valence-electron chi connectivity index (χ3n) is 11.2. The van der Waals surface area contributed by atoms with Gasteiger partial charge in [0, 0.05) is 60.8 Å². The van der Waals surface area contributed by atoms with Crippen LogP contribution in [0.2, 0.25) is 0 Å². The summed E-state index contributed by atoms with van der Waals surface area (Å²) in [7, 11) is 0. The molecule has 2 atom stereocenters. The number of thiophene rings is 1. The monoisotopic (exact) mass is 698 g/mol.